The van der Waals surface area contributed by atoms with Crippen LogP contribution in [0.4, 0.5) is 0 Å². The first-order valence-corrected chi connectivity index (χ1v) is 3.39. The highest BCUT2D eigenvalue weighted by Gasteiger charge is 2.25. The van der Waals surface area contributed by atoms with Crippen LogP contribution in [0.2, 0.25) is 0 Å². The fourth-order valence-electron chi connectivity index (χ4n) is 1.45. The van der Waals surface area contributed by atoms with Gasteiger partial charge in [0, 0.05) is 6.54 Å². The number of carbonyl (C=O) groups excluding carboxylic acids is 1. The molecule has 0 aromatic carbocycles. The Morgan fingerprint density at radius 2 is 2.33 bits per heavy atom. The van der Waals surface area contributed by atoms with E-state index >= 15 is 0 Å². The topological polar surface area (TPSA) is 20.3 Å². The second-order valence-corrected chi connectivity index (χ2v) is 2.98. The summed E-state index contributed by atoms with van der Waals surface area (Å²) in [5.41, 5.74) is 0. The Morgan fingerprint density at radius 1 is 1.67 bits per heavy atom. The molecule has 0 spiro atoms. The van der Waals surface area contributed by atoms with Crippen LogP contribution < -0.4 is 0 Å². The lowest BCUT2D eigenvalue weighted by Crippen LogP contribution is -2.25. The molecule has 1 rings (SSSR count). The van der Waals surface area contributed by atoms with Gasteiger partial charge < -0.3 is 4.79 Å². The Bertz CT molecular complexity index is 113. The number of likely N-dealkylation sites (N-methyl/N-ethyl adjacent to an activating group) is 1. The molecule has 2 nitrogen and oxygen atoms in total. The van der Waals surface area contributed by atoms with Crippen LogP contribution in [0.25, 0.3) is 0 Å². The molecule has 1 aliphatic rings. The number of rotatable bonds is 1. The van der Waals surface area contributed by atoms with E-state index in [2.05, 4.69) is 11.8 Å². The minimum atomic E-state index is 0.194. The van der Waals surface area contributed by atoms with Crippen molar-refractivity contribution in [2.45, 2.75) is 19.4 Å². The largest absolute Gasteiger partial charge is 0.302 e. The molecule has 0 amide bonds. The van der Waals surface area contributed by atoms with Gasteiger partial charge >= 0.3 is 0 Å². The Balaban J connectivity index is 2.47. The van der Waals surface area contributed by atoms with E-state index in [4.69, 9.17) is 0 Å². The lowest BCUT2D eigenvalue weighted by Gasteiger charge is -2.10. The third-order valence-electron chi connectivity index (χ3n) is 1.97. The van der Waals surface area contributed by atoms with Crippen LogP contribution in [-0.4, -0.2) is 30.8 Å². The van der Waals surface area contributed by atoms with Crippen molar-refractivity contribution in [1.29, 1.82) is 0 Å². The molecule has 1 saturated heterocycles. The van der Waals surface area contributed by atoms with E-state index in [9.17, 15) is 4.79 Å². The number of nitrogens with zero attached hydrogens (tertiary/aromatic N) is 1. The van der Waals surface area contributed by atoms with Crippen molar-refractivity contribution >= 4 is 6.29 Å². The minimum absolute atomic E-state index is 0.194. The van der Waals surface area contributed by atoms with Gasteiger partial charge in [-0.3, -0.25) is 4.90 Å². The summed E-state index contributed by atoms with van der Waals surface area (Å²) in [6.45, 7) is 3.25. The molecular formula is C7H13NO. The summed E-state index contributed by atoms with van der Waals surface area (Å²) >= 11 is 0. The highest BCUT2D eigenvalue weighted by Crippen LogP contribution is 2.18. The van der Waals surface area contributed by atoms with E-state index in [0.717, 1.165) is 19.3 Å². The van der Waals surface area contributed by atoms with Gasteiger partial charge in [0.1, 0.15) is 6.29 Å². The molecule has 0 bridgehead atoms. The Kier molecular flexibility index (Phi) is 1.86. The Labute approximate surface area is 55.8 Å². The van der Waals surface area contributed by atoms with Crippen LogP contribution in [0.5, 0.6) is 0 Å². The van der Waals surface area contributed by atoms with Gasteiger partial charge in [0.15, 0.2) is 0 Å². The van der Waals surface area contributed by atoms with Crippen LogP contribution in [0.3, 0.4) is 0 Å². The normalized spacial score (nSPS) is 37.1. The van der Waals surface area contributed by atoms with Gasteiger partial charge in [-0.25, -0.2) is 0 Å². The SMILES string of the molecule is C[C@@H]1CC(C=O)N(C)C1. The molecule has 1 fully saturated rings. The van der Waals surface area contributed by atoms with Crippen molar-refractivity contribution in [2.24, 2.45) is 5.92 Å². The molecule has 1 unspecified atom stereocenters. The number of likely N-dealkylation sites (tertiary alicyclic amines) is 1. The van der Waals surface area contributed by atoms with Crippen LogP contribution in [-0.2, 0) is 4.79 Å². The monoisotopic (exact) mass is 127 g/mol. The van der Waals surface area contributed by atoms with Crippen molar-refractivity contribution in [3.8, 4) is 0 Å². The standard InChI is InChI=1S/C7H13NO/c1-6-3-7(5-9)8(2)4-6/h5-7H,3-4H2,1-2H3/t6-,7?/m1/s1. The number of hydrogen-bond donors (Lipinski definition) is 0. The van der Waals surface area contributed by atoms with E-state index in [1.165, 1.54) is 0 Å². The lowest BCUT2D eigenvalue weighted by atomic mass is 10.1. The summed E-state index contributed by atoms with van der Waals surface area (Å²) < 4.78 is 0. The summed E-state index contributed by atoms with van der Waals surface area (Å²) in [5, 5.41) is 0. The van der Waals surface area contributed by atoms with Crippen molar-refractivity contribution in [2.75, 3.05) is 13.6 Å². The molecule has 9 heavy (non-hydrogen) atoms. The molecular weight excluding hydrogens is 114 g/mol. The molecule has 52 valence electrons. The minimum Gasteiger partial charge on any atom is -0.302 e. The molecule has 1 aliphatic heterocycles. The van der Waals surface area contributed by atoms with Crippen LogP contribution >= 0.6 is 0 Å². The predicted molar refractivity (Wildman–Crippen MR) is 36.3 cm³/mol. The zero-order valence-electron chi connectivity index (χ0n) is 6.00. The molecule has 2 heteroatoms. The van der Waals surface area contributed by atoms with E-state index in [1.54, 1.807) is 0 Å². The van der Waals surface area contributed by atoms with Gasteiger partial charge in [0.2, 0.25) is 0 Å². The maximum absolute atomic E-state index is 10.3. The molecule has 0 radical (unpaired) electrons. The van der Waals surface area contributed by atoms with E-state index in [1.807, 2.05) is 7.05 Å². The summed E-state index contributed by atoms with van der Waals surface area (Å²) in [6, 6.07) is 0.194. The van der Waals surface area contributed by atoms with E-state index < -0.39 is 0 Å². The first-order chi connectivity index (χ1) is 4.24. The fourth-order valence-corrected chi connectivity index (χ4v) is 1.45. The third kappa shape index (κ3) is 1.30. The second kappa shape index (κ2) is 2.48. The Morgan fingerprint density at radius 3 is 2.56 bits per heavy atom. The summed E-state index contributed by atoms with van der Waals surface area (Å²) in [5.74, 6) is 0.699. The molecule has 0 saturated carbocycles. The van der Waals surface area contributed by atoms with Crippen LogP contribution in [0, 0.1) is 5.92 Å². The molecule has 0 aliphatic carbocycles. The average Bonchev–Trinajstić information content (AvgIpc) is 2.10. The van der Waals surface area contributed by atoms with Gasteiger partial charge in [-0.2, -0.15) is 0 Å². The van der Waals surface area contributed by atoms with Gasteiger partial charge in [0.05, 0.1) is 6.04 Å². The highest BCUT2D eigenvalue weighted by atomic mass is 16.1. The summed E-state index contributed by atoms with van der Waals surface area (Å²) in [7, 11) is 2.00. The summed E-state index contributed by atoms with van der Waals surface area (Å²) in [6.07, 6.45) is 2.09. The summed E-state index contributed by atoms with van der Waals surface area (Å²) in [4.78, 5) is 12.4. The predicted octanol–water partition coefficient (Wildman–Crippen LogP) is 0.526. The first-order valence-electron chi connectivity index (χ1n) is 3.39. The van der Waals surface area contributed by atoms with Crippen molar-refractivity contribution in [3.63, 3.8) is 0 Å². The smallest absolute Gasteiger partial charge is 0.137 e. The fraction of sp³-hybridized carbons (Fsp3) is 0.857. The molecule has 2 atom stereocenters. The molecule has 0 aromatic rings. The zero-order chi connectivity index (χ0) is 6.85. The van der Waals surface area contributed by atoms with Gasteiger partial charge in [0.25, 0.3) is 0 Å². The van der Waals surface area contributed by atoms with E-state index in [0.29, 0.717) is 5.92 Å². The maximum Gasteiger partial charge on any atom is 0.137 e. The zero-order valence-corrected chi connectivity index (χ0v) is 6.00. The lowest BCUT2D eigenvalue weighted by molar-refractivity contribution is -0.111. The van der Waals surface area contributed by atoms with Crippen LogP contribution in [0.1, 0.15) is 13.3 Å². The van der Waals surface area contributed by atoms with Crippen LogP contribution in [0.15, 0.2) is 0 Å². The van der Waals surface area contributed by atoms with Crippen molar-refractivity contribution < 1.29 is 4.79 Å². The molecule has 0 N–H and O–H groups in total. The Hall–Kier alpha value is -0.370. The maximum atomic E-state index is 10.3. The number of aldehydes is 1. The first kappa shape index (κ1) is 6.75. The quantitative estimate of drug-likeness (QED) is 0.479. The molecule has 1 heterocycles. The average molecular weight is 127 g/mol. The second-order valence-electron chi connectivity index (χ2n) is 2.98. The van der Waals surface area contributed by atoms with Gasteiger partial charge in [-0.05, 0) is 19.4 Å². The van der Waals surface area contributed by atoms with E-state index in [-0.39, 0.29) is 6.04 Å². The van der Waals surface area contributed by atoms with Gasteiger partial charge in [-0.1, -0.05) is 6.92 Å². The molecule has 0 aromatic heterocycles. The van der Waals surface area contributed by atoms with Gasteiger partial charge in [-0.15, -0.1) is 0 Å². The van der Waals surface area contributed by atoms with Crippen molar-refractivity contribution in [1.82, 2.24) is 4.90 Å². The number of carbonyl (C=O) groups is 1. The highest BCUT2D eigenvalue weighted by molar-refractivity contribution is 5.58. The third-order valence-corrected chi connectivity index (χ3v) is 1.97. The van der Waals surface area contributed by atoms with Crippen molar-refractivity contribution in [3.05, 3.63) is 0 Å². The number of hydrogen-bond acceptors (Lipinski definition) is 2.